The number of benzene rings is 3. The molecular weight excluding hydrogens is 522 g/mol. The molecule has 2 heterocycles. The van der Waals surface area contributed by atoms with E-state index in [0.717, 1.165) is 6.07 Å². The Kier molecular flexibility index (Phi) is 7.33. The molecule has 39 heavy (non-hydrogen) atoms. The second-order valence-corrected chi connectivity index (χ2v) is 11.3. The topological polar surface area (TPSA) is 82.6 Å². The van der Waals surface area contributed by atoms with Gasteiger partial charge in [0.1, 0.15) is 16.5 Å². The number of amides is 1. The number of piperazine rings is 1. The Hall–Kier alpha value is -3.89. The van der Waals surface area contributed by atoms with Gasteiger partial charge in [0.2, 0.25) is 0 Å². The van der Waals surface area contributed by atoms with Gasteiger partial charge in [0.05, 0.1) is 5.52 Å². The third-order valence-corrected chi connectivity index (χ3v) is 8.56. The van der Waals surface area contributed by atoms with E-state index in [-0.39, 0.29) is 22.9 Å². The molecule has 1 aliphatic heterocycles. The van der Waals surface area contributed by atoms with Crippen LogP contribution in [0.1, 0.15) is 35.8 Å². The molecular formula is C29H28F2N4O3S. The van der Waals surface area contributed by atoms with Crippen LogP contribution in [-0.2, 0) is 10.0 Å². The van der Waals surface area contributed by atoms with Crippen LogP contribution in [0, 0.1) is 11.6 Å². The van der Waals surface area contributed by atoms with Crippen molar-refractivity contribution in [2.75, 3.05) is 24.4 Å². The predicted octanol–water partition coefficient (Wildman–Crippen LogP) is 5.22. The monoisotopic (exact) mass is 550 g/mol. The van der Waals surface area contributed by atoms with Gasteiger partial charge in [-0.15, -0.1) is 0 Å². The highest BCUT2D eigenvalue weighted by Gasteiger charge is 2.31. The summed E-state index contributed by atoms with van der Waals surface area (Å²) in [7, 11) is -3.91. The largest absolute Gasteiger partial charge is 0.333 e. The standard InChI is InChI=1S/C29H28F2N4O3S/c1-19-18-34(20(2)25-13-10-23(30)17-26(25)31)15-16-35(19)29(36)22-8-11-24(12-9-22)33-39(37,38)27-7-3-5-21-6-4-14-32-28(21)27/h3-14,17,19-20,33H,15-16,18H2,1-2H3/t19-,20?/m1/s1. The Morgan fingerprint density at radius 1 is 1.03 bits per heavy atom. The SMILES string of the molecule is CC(c1ccc(F)cc1F)N1CCN(C(=O)c2ccc(NS(=O)(=O)c3cccc4cccnc34)cc2)[C@H](C)C1. The fraction of sp³-hybridized carbons (Fsp3) is 0.241. The van der Waals surface area contributed by atoms with Crippen LogP contribution in [0.5, 0.6) is 0 Å². The van der Waals surface area contributed by atoms with E-state index >= 15 is 0 Å². The molecule has 1 N–H and O–H groups in total. The van der Waals surface area contributed by atoms with Gasteiger partial charge in [-0.3, -0.25) is 19.4 Å². The van der Waals surface area contributed by atoms with Gasteiger partial charge in [0.25, 0.3) is 15.9 Å². The van der Waals surface area contributed by atoms with Gasteiger partial charge < -0.3 is 4.90 Å². The first kappa shape index (κ1) is 26.7. The summed E-state index contributed by atoms with van der Waals surface area (Å²) in [6.07, 6.45) is 1.55. The van der Waals surface area contributed by atoms with Crippen LogP contribution in [-0.4, -0.2) is 54.8 Å². The minimum absolute atomic E-state index is 0.0715. The van der Waals surface area contributed by atoms with E-state index in [4.69, 9.17) is 0 Å². The zero-order valence-corrected chi connectivity index (χ0v) is 22.3. The zero-order chi connectivity index (χ0) is 27.7. The Balaban J connectivity index is 1.26. The lowest BCUT2D eigenvalue weighted by Crippen LogP contribution is -2.54. The minimum Gasteiger partial charge on any atom is -0.333 e. The predicted molar refractivity (Wildman–Crippen MR) is 146 cm³/mol. The molecule has 0 radical (unpaired) electrons. The van der Waals surface area contributed by atoms with Crippen LogP contribution in [0.25, 0.3) is 10.9 Å². The van der Waals surface area contributed by atoms with Crippen molar-refractivity contribution < 1.29 is 22.0 Å². The number of hydrogen-bond donors (Lipinski definition) is 1. The number of halogens is 2. The molecule has 2 atom stereocenters. The number of para-hydroxylation sites is 1. The van der Waals surface area contributed by atoms with Crippen LogP contribution in [0.4, 0.5) is 14.5 Å². The number of nitrogens with zero attached hydrogens (tertiary/aromatic N) is 3. The Morgan fingerprint density at radius 2 is 1.77 bits per heavy atom. The maximum atomic E-state index is 14.3. The van der Waals surface area contributed by atoms with Gasteiger partial charge in [0, 0.05) is 66.2 Å². The average molecular weight is 551 g/mol. The van der Waals surface area contributed by atoms with Gasteiger partial charge in [-0.1, -0.05) is 24.3 Å². The summed E-state index contributed by atoms with van der Waals surface area (Å²) in [4.78, 5) is 21.4. The number of aromatic nitrogens is 1. The van der Waals surface area contributed by atoms with Crippen LogP contribution in [0.2, 0.25) is 0 Å². The Bertz CT molecular complexity index is 1620. The molecule has 1 saturated heterocycles. The zero-order valence-electron chi connectivity index (χ0n) is 21.5. The lowest BCUT2D eigenvalue weighted by molar-refractivity contribution is 0.0402. The van der Waals surface area contributed by atoms with Gasteiger partial charge in [0.15, 0.2) is 0 Å². The fourth-order valence-electron chi connectivity index (χ4n) is 5.03. The normalized spacial score (nSPS) is 17.2. The number of nitrogens with one attached hydrogen (secondary N) is 1. The van der Waals surface area contributed by atoms with Crippen molar-refractivity contribution in [1.82, 2.24) is 14.8 Å². The molecule has 10 heteroatoms. The molecule has 1 aromatic heterocycles. The summed E-state index contributed by atoms with van der Waals surface area (Å²) in [5, 5.41) is 0.715. The molecule has 1 unspecified atom stereocenters. The smallest absolute Gasteiger partial charge is 0.264 e. The van der Waals surface area contributed by atoms with Crippen molar-refractivity contribution in [1.29, 1.82) is 0 Å². The molecule has 7 nitrogen and oxygen atoms in total. The molecule has 5 rings (SSSR count). The van der Waals surface area contributed by atoms with Crippen LogP contribution in [0.15, 0.2) is 83.9 Å². The number of hydrogen-bond acceptors (Lipinski definition) is 5. The third kappa shape index (κ3) is 5.48. The Morgan fingerprint density at radius 3 is 2.49 bits per heavy atom. The summed E-state index contributed by atoms with van der Waals surface area (Å²) < 4.78 is 56.4. The van der Waals surface area contributed by atoms with Gasteiger partial charge >= 0.3 is 0 Å². The number of pyridine rings is 1. The van der Waals surface area contributed by atoms with E-state index in [9.17, 15) is 22.0 Å². The van der Waals surface area contributed by atoms with Crippen molar-refractivity contribution >= 4 is 32.5 Å². The Labute approximate surface area is 226 Å². The van der Waals surface area contributed by atoms with Gasteiger partial charge in [-0.2, -0.15) is 0 Å². The molecule has 202 valence electrons. The number of rotatable bonds is 6. The first-order valence-corrected chi connectivity index (χ1v) is 14.1. The molecule has 0 spiro atoms. The molecule has 1 amide bonds. The van der Waals surface area contributed by atoms with Crippen molar-refractivity contribution in [3.8, 4) is 0 Å². The highest BCUT2D eigenvalue weighted by Crippen LogP contribution is 2.27. The average Bonchev–Trinajstić information content (AvgIpc) is 2.92. The van der Waals surface area contributed by atoms with E-state index in [2.05, 4.69) is 14.6 Å². The molecule has 0 bridgehead atoms. The molecule has 4 aromatic rings. The second-order valence-electron chi connectivity index (χ2n) is 9.70. The molecule has 3 aromatic carbocycles. The van der Waals surface area contributed by atoms with Crippen LogP contribution in [0.3, 0.4) is 0 Å². The van der Waals surface area contributed by atoms with Gasteiger partial charge in [-0.05, 0) is 56.3 Å². The highest BCUT2D eigenvalue weighted by molar-refractivity contribution is 7.93. The highest BCUT2D eigenvalue weighted by atomic mass is 32.2. The number of sulfonamides is 1. The van der Waals surface area contributed by atoms with Crippen molar-refractivity contribution in [3.63, 3.8) is 0 Å². The van der Waals surface area contributed by atoms with E-state index in [1.54, 1.807) is 59.6 Å². The van der Waals surface area contributed by atoms with E-state index < -0.39 is 21.7 Å². The fourth-order valence-corrected chi connectivity index (χ4v) is 6.27. The first-order chi connectivity index (χ1) is 18.6. The summed E-state index contributed by atoms with van der Waals surface area (Å²) >= 11 is 0. The second kappa shape index (κ2) is 10.7. The maximum Gasteiger partial charge on any atom is 0.264 e. The quantitative estimate of drug-likeness (QED) is 0.356. The number of fused-ring (bicyclic) bond motifs is 1. The van der Waals surface area contributed by atoms with E-state index in [0.29, 0.717) is 47.4 Å². The maximum absolute atomic E-state index is 14.3. The van der Waals surface area contributed by atoms with Crippen molar-refractivity contribution in [2.45, 2.75) is 30.8 Å². The molecule has 1 aliphatic rings. The summed E-state index contributed by atoms with van der Waals surface area (Å²) in [5.41, 5.74) is 1.56. The molecule has 0 aliphatic carbocycles. The van der Waals surface area contributed by atoms with Crippen LogP contribution < -0.4 is 4.72 Å². The minimum atomic E-state index is -3.91. The molecule has 1 fully saturated rings. The number of carbonyl (C=O) groups excluding carboxylic acids is 1. The third-order valence-electron chi connectivity index (χ3n) is 7.15. The molecule has 0 saturated carbocycles. The summed E-state index contributed by atoms with van der Waals surface area (Å²) in [5.74, 6) is -1.37. The van der Waals surface area contributed by atoms with E-state index in [1.807, 2.05) is 13.8 Å². The van der Waals surface area contributed by atoms with Gasteiger partial charge in [-0.25, -0.2) is 17.2 Å². The van der Waals surface area contributed by atoms with Crippen molar-refractivity contribution in [2.24, 2.45) is 0 Å². The van der Waals surface area contributed by atoms with Crippen molar-refractivity contribution in [3.05, 3.63) is 102 Å². The lowest BCUT2D eigenvalue weighted by Gasteiger charge is -2.42. The number of carbonyl (C=O) groups is 1. The lowest BCUT2D eigenvalue weighted by atomic mass is 10.0. The first-order valence-electron chi connectivity index (χ1n) is 12.6. The van der Waals surface area contributed by atoms with E-state index in [1.165, 1.54) is 18.2 Å². The summed E-state index contributed by atoms with van der Waals surface area (Å²) in [6, 6.07) is 18.0. The van der Waals surface area contributed by atoms with Crippen LogP contribution >= 0.6 is 0 Å². The number of anilines is 1. The summed E-state index contributed by atoms with van der Waals surface area (Å²) in [6.45, 7) is 5.30.